The number of imidazole rings is 1. The molecule has 11 heteroatoms. The predicted octanol–water partition coefficient (Wildman–Crippen LogP) is 3.54. The van der Waals surface area contributed by atoms with Crippen molar-refractivity contribution in [2.75, 3.05) is 24.3 Å². The van der Waals surface area contributed by atoms with Crippen molar-refractivity contribution in [3.63, 3.8) is 0 Å². The van der Waals surface area contributed by atoms with Gasteiger partial charge in [0, 0.05) is 18.8 Å². The Morgan fingerprint density at radius 3 is 2.62 bits per heavy atom. The molecule has 2 aromatic heterocycles. The second kappa shape index (κ2) is 6.83. The minimum Gasteiger partial charge on any atom is -0.381 e. The highest BCUT2D eigenvalue weighted by atomic mass is 19.4. The molecule has 0 bridgehead atoms. The van der Waals surface area contributed by atoms with E-state index in [1.54, 1.807) is 0 Å². The summed E-state index contributed by atoms with van der Waals surface area (Å²) in [5, 5.41) is 3.23. The van der Waals surface area contributed by atoms with E-state index >= 15 is 0 Å². The number of nitrogens with one attached hydrogen (secondary N) is 1. The summed E-state index contributed by atoms with van der Waals surface area (Å²) >= 11 is 0. The van der Waals surface area contributed by atoms with Crippen molar-refractivity contribution in [1.82, 2.24) is 19.5 Å². The second-order valence-corrected chi connectivity index (χ2v) is 7.17. The second-order valence-electron chi connectivity index (χ2n) is 7.17. The fraction of sp³-hybridized carbons (Fsp3) is 0.389. The maximum absolute atomic E-state index is 14.4. The summed E-state index contributed by atoms with van der Waals surface area (Å²) in [6.45, 7) is 3.18. The summed E-state index contributed by atoms with van der Waals surface area (Å²) in [7, 11) is 0. The number of ether oxygens (including phenoxy) is 1. The number of fused-ring (bicyclic) bond motifs is 1. The lowest BCUT2D eigenvalue weighted by atomic mass is 9.93. The van der Waals surface area contributed by atoms with Crippen LogP contribution in [-0.4, -0.2) is 38.3 Å². The predicted molar refractivity (Wildman–Crippen MR) is 98.1 cm³/mol. The van der Waals surface area contributed by atoms with Crippen LogP contribution in [0.5, 0.6) is 0 Å². The van der Waals surface area contributed by atoms with Crippen molar-refractivity contribution in [3.8, 4) is 5.69 Å². The van der Waals surface area contributed by atoms with Crippen LogP contribution in [0.15, 0.2) is 24.4 Å². The van der Waals surface area contributed by atoms with E-state index in [1.807, 2.05) is 6.92 Å². The zero-order valence-electron chi connectivity index (χ0n) is 15.4. The van der Waals surface area contributed by atoms with Gasteiger partial charge in [-0.25, -0.2) is 14.4 Å². The lowest BCUT2D eigenvalue weighted by Crippen LogP contribution is -2.41. The molecule has 3 aromatic rings. The van der Waals surface area contributed by atoms with Gasteiger partial charge in [-0.15, -0.1) is 0 Å². The molecule has 0 radical (unpaired) electrons. The van der Waals surface area contributed by atoms with E-state index in [2.05, 4.69) is 20.3 Å². The Bertz CT molecular complexity index is 1060. The van der Waals surface area contributed by atoms with Gasteiger partial charge in [0.25, 0.3) is 0 Å². The SMILES string of the molecule is CC1(Nc2ncc3nc(N)n(-c4cc(C(F)(F)F)ccc4F)c3n2)CCOCC1. The summed E-state index contributed by atoms with van der Waals surface area (Å²) in [6.07, 6.45) is -1.77. The number of nitrogens with two attached hydrogens (primary N) is 1. The Balaban J connectivity index is 1.80. The number of aromatic nitrogens is 4. The molecular weight excluding hydrogens is 392 g/mol. The summed E-state index contributed by atoms with van der Waals surface area (Å²) < 4.78 is 60.1. The van der Waals surface area contributed by atoms with Gasteiger partial charge in [-0.2, -0.15) is 18.2 Å². The van der Waals surface area contributed by atoms with Crippen LogP contribution in [0.3, 0.4) is 0 Å². The first kappa shape index (κ1) is 19.4. The Morgan fingerprint density at radius 1 is 1.21 bits per heavy atom. The quantitative estimate of drug-likeness (QED) is 0.642. The fourth-order valence-electron chi connectivity index (χ4n) is 3.27. The van der Waals surface area contributed by atoms with Gasteiger partial charge in [-0.05, 0) is 38.0 Å². The van der Waals surface area contributed by atoms with Gasteiger partial charge in [0.1, 0.15) is 11.3 Å². The molecule has 0 spiro atoms. The van der Waals surface area contributed by atoms with Crippen molar-refractivity contribution >= 4 is 23.1 Å². The molecular formula is C18H18F4N6O. The third-order valence-electron chi connectivity index (χ3n) is 4.95. The molecule has 3 heterocycles. The van der Waals surface area contributed by atoms with E-state index in [0.29, 0.717) is 25.3 Å². The first-order chi connectivity index (χ1) is 13.7. The molecule has 1 fully saturated rings. The van der Waals surface area contributed by atoms with Crippen molar-refractivity contribution in [2.45, 2.75) is 31.5 Å². The molecule has 1 aliphatic heterocycles. The van der Waals surface area contributed by atoms with Gasteiger partial charge in [-0.3, -0.25) is 4.57 Å². The fourth-order valence-corrected chi connectivity index (χ4v) is 3.27. The molecule has 1 aromatic carbocycles. The van der Waals surface area contributed by atoms with E-state index in [1.165, 1.54) is 6.20 Å². The third kappa shape index (κ3) is 3.69. The number of anilines is 2. The average Bonchev–Trinajstić information content (AvgIpc) is 2.96. The molecule has 0 aliphatic carbocycles. The number of nitrogens with zero attached hydrogens (tertiary/aromatic N) is 4. The molecule has 29 heavy (non-hydrogen) atoms. The first-order valence-corrected chi connectivity index (χ1v) is 8.90. The molecule has 1 saturated heterocycles. The zero-order valence-corrected chi connectivity index (χ0v) is 15.4. The Morgan fingerprint density at radius 2 is 1.93 bits per heavy atom. The van der Waals surface area contributed by atoms with E-state index in [0.717, 1.165) is 23.5 Å². The molecule has 7 nitrogen and oxygen atoms in total. The molecule has 0 saturated carbocycles. The van der Waals surface area contributed by atoms with Crippen LogP contribution in [0, 0.1) is 5.82 Å². The Hall–Kier alpha value is -2.95. The van der Waals surface area contributed by atoms with Gasteiger partial charge in [0.2, 0.25) is 11.9 Å². The smallest absolute Gasteiger partial charge is 0.381 e. The number of halogens is 4. The highest BCUT2D eigenvalue weighted by Crippen LogP contribution is 2.33. The van der Waals surface area contributed by atoms with Gasteiger partial charge in [0.15, 0.2) is 5.65 Å². The molecule has 0 unspecified atom stereocenters. The maximum atomic E-state index is 14.4. The Labute approximate surface area is 162 Å². The number of hydrogen-bond acceptors (Lipinski definition) is 6. The first-order valence-electron chi connectivity index (χ1n) is 8.90. The number of rotatable bonds is 3. The monoisotopic (exact) mass is 410 g/mol. The van der Waals surface area contributed by atoms with Crippen LogP contribution in [0.2, 0.25) is 0 Å². The molecule has 3 N–H and O–H groups in total. The standard InChI is InChI=1S/C18H18F4N6O/c1-17(4-6-29-7-5-17)27-16-24-9-12-14(26-16)28(15(23)25-12)13-8-10(18(20,21)22)2-3-11(13)19/h2-3,8-9H,4-7H2,1H3,(H2,23,25)(H,24,26,27). The molecule has 154 valence electrons. The van der Waals surface area contributed by atoms with Crippen molar-refractivity contribution in [3.05, 3.63) is 35.8 Å². The van der Waals surface area contributed by atoms with Crippen molar-refractivity contribution in [1.29, 1.82) is 0 Å². The molecule has 1 aliphatic rings. The summed E-state index contributed by atoms with van der Waals surface area (Å²) in [5.74, 6) is -0.828. The van der Waals surface area contributed by atoms with Gasteiger partial charge in [-0.1, -0.05) is 0 Å². The highest BCUT2D eigenvalue weighted by molar-refractivity contribution is 5.77. The topological polar surface area (TPSA) is 90.9 Å². The van der Waals surface area contributed by atoms with E-state index in [4.69, 9.17) is 10.5 Å². The van der Waals surface area contributed by atoms with Crippen molar-refractivity contribution < 1.29 is 22.3 Å². The largest absolute Gasteiger partial charge is 0.416 e. The van der Waals surface area contributed by atoms with Crippen LogP contribution in [0.25, 0.3) is 16.9 Å². The normalized spacial score (nSPS) is 16.9. The average molecular weight is 410 g/mol. The summed E-state index contributed by atoms with van der Waals surface area (Å²) in [6, 6.07) is 2.09. The number of hydrogen-bond donors (Lipinski definition) is 2. The van der Waals surface area contributed by atoms with E-state index < -0.39 is 17.6 Å². The lowest BCUT2D eigenvalue weighted by molar-refractivity contribution is -0.137. The molecule has 4 rings (SSSR count). The van der Waals surface area contributed by atoms with Gasteiger partial charge >= 0.3 is 6.18 Å². The molecule has 0 atom stereocenters. The minimum atomic E-state index is -4.63. The number of nitrogen functional groups attached to an aromatic ring is 1. The molecule has 0 amide bonds. The van der Waals surface area contributed by atoms with Crippen molar-refractivity contribution in [2.24, 2.45) is 0 Å². The number of benzene rings is 1. The zero-order chi connectivity index (χ0) is 20.8. The van der Waals surface area contributed by atoms with Gasteiger partial charge < -0.3 is 15.8 Å². The van der Waals surface area contributed by atoms with Gasteiger partial charge in [0.05, 0.1) is 17.4 Å². The highest BCUT2D eigenvalue weighted by Gasteiger charge is 2.32. The number of alkyl halides is 3. The third-order valence-corrected chi connectivity index (χ3v) is 4.95. The van der Waals surface area contributed by atoms with Crippen LogP contribution in [0.1, 0.15) is 25.3 Å². The Kier molecular flexibility index (Phi) is 4.56. The van der Waals surface area contributed by atoms with E-state index in [-0.39, 0.29) is 34.3 Å². The maximum Gasteiger partial charge on any atom is 0.416 e. The van der Waals surface area contributed by atoms with Crippen LogP contribution in [-0.2, 0) is 10.9 Å². The minimum absolute atomic E-state index is 0.105. The van der Waals surface area contributed by atoms with Crippen LogP contribution < -0.4 is 11.1 Å². The lowest BCUT2D eigenvalue weighted by Gasteiger charge is -2.34. The summed E-state index contributed by atoms with van der Waals surface area (Å²) in [4.78, 5) is 12.6. The summed E-state index contributed by atoms with van der Waals surface area (Å²) in [5.41, 5.74) is 4.52. The van der Waals surface area contributed by atoms with E-state index in [9.17, 15) is 17.6 Å². The van der Waals surface area contributed by atoms with Crippen LogP contribution in [0.4, 0.5) is 29.5 Å². The van der Waals surface area contributed by atoms with Crippen LogP contribution >= 0.6 is 0 Å².